The molecule has 2 atom stereocenters. The number of benzene rings is 1. The molecule has 3 nitrogen and oxygen atoms in total. The highest BCUT2D eigenvalue weighted by molar-refractivity contribution is 5.68. The summed E-state index contributed by atoms with van der Waals surface area (Å²) in [4.78, 5) is 10.8. The van der Waals surface area contributed by atoms with Gasteiger partial charge in [0, 0.05) is 5.92 Å². The van der Waals surface area contributed by atoms with E-state index in [1.165, 1.54) is 0 Å². The molecule has 1 heterocycles. The average molecular weight is 220 g/mol. The van der Waals surface area contributed by atoms with Gasteiger partial charge in [0.05, 0.1) is 12.5 Å². The number of hydrogen-bond donors (Lipinski definition) is 1. The standard InChI is InChI=1S/C13H16O3/c1-8-3-4-12-11(5-8)10(7-13(14)15)6-9(2)16-12/h3-5,9-10H,6-7H2,1-2H3,(H,14,15)/t9-,10?/m1/s1. The monoisotopic (exact) mass is 220 g/mol. The van der Waals surface area contributed by atoms with Crippen molar-refractivity contribution in [2.75, 3.05) is 0 Å². The van der Waals surface area contributed by atoms with Crippen molar-refractivity contribution >= 4 is 5.97 Å². The Kier molecular flexibility index (Phi) is 2.86. The van der Waals surface area contributed by atoms with Gasteiger partial charge in [0.1, 0.15) is 5.75 Å². The number of rotatable bonds is 2. The minimum absolute atomic E-state index is 0.0798. The Balaban J connectivity index is 2.35. The summed E-state index contributed by atoms with van der Waals surface area (Å²) in [6.45, 7) is 3.99. The second-order valence-electron chi connectivity index (χ2n) is 4.50. The molecule has 1 unspecified atom stereocenters. The largest absolute Gasteiger partial charge is 0.490 e. The zero-order valence-electron chi connectivity index (χ0n) is 9.56. The van der Waals surface area contributed by atoms with E-state index in [4.69, 9.17) is 9.84 Å². The van der Waals surface area contributed by atoms with Crippen molar-refractivity contribution in [1.82, 2.24) is 0 Å². The van der Waals surface area contributed by atoms with Gasteiger partial charge in [-0.05, 0) is 31.9 Å². The maximum atomic E-state index is 10.8. The molecule has 0 saturated heterocycles. The van der Waals surface area contributed by atoms with Crippen molar-refractivity contribution in [2.45, 2.75) is 38.7 Å². The molecule has 2 rings (SSSR count). The second kappa shape index (κ2) is 4.16. The van der Waals surface area contributed by atoms with Gasteiger partial charge in [-0.2, -0.15) is 0 Å². The summed E-state index contributed by atoms with van der Waals surface area (Å²) in [5.41, 5.74) is 2.19. The van der Waals surface area contributed by atoms with Gasteiger partial charge < -0.3 is 9.84 Å². The van der Waals surface area contributed by atoms with E-state index in [9.17, 15) is 4.79 Å². The topological polar surface area (TPSA) is 46.5 Å². The average Bonchev–Trinajstić information content (AvgIpc) is 2.18. The third-order valence-corrected chi connectivity index (χ3v) is 2.97. The van der Waals surface area contributed by atoms with Crippen LogP contribution in [0.15, 0.2) is 18.2 Å². The van der Waals surface area contributed by atoms with E-state index < -0.39 is 5.97 Å². The second-order valence-corrected chi connectivity index (χ2v) is 4.50. The molecule has 0 aliphatic carbocycles. The fraction of sp³-hybridized carbons (Fsp3) is 0.462. The molecule has 1 aliphatic rings. The van der Waals surface area contributed by atoms with E-state index in [-0.39, 0.29) is 18.4 Å². The van der Waals surface area contributed by atoms with Crippen LogP contribution in [-0.2, 0) is 4.79 Å². The van der Waals surface area contributed by atoms with Crippen LogP contribution in [-0.4, -0.2) is 17.2 Å². The lowest BCUT2D eigenvalue weighted by molar-refractivity contribution is -0.137. The number of ether oxygens (including phenoxy) is 1. The Morgan fingerprint density at radius 1 is 1.56 bits per heavy atom. The fourth-order valence-electron chi connectivity index (χ4n) is 2.29. The van der Waals surface area contributed by atoms with Crippen LogP contribution >= 0.6 is 0 Å². The summed E-state index contributed by atoms with van der Waals surface area (Å²) in [6.07, 6.45) is 1.06. The highest BCUT2D eigenvalue weighted by Gasteiger charge is 2.27. The van der Waals surface area contributed by atoms with Crippen LogP contribution in [0.3, 0.4) is 0 Å². The summed E-state index contributed by atoms with van der Waals surface area (Å²) >= 11 is 0. The molecule has 0 saturated carbocycles. The third-order valence-electron chi connectivity index (χ3n) is 2.97. The normalized spacial score (nSPS) is 23.4. The van der Waals surface area contributed by atoms with Gasteiger partial charge in [0.2, 0.25) is 0 Å². The van der Waals surface area contributed by atoms with Crippen molar-refractivity contribution in [3.63, 3.8) is 0 Å². The van der Waals surface area contributed by atoms with Gasteiger partial charge in [-0.1, -0.05) is 17.7 Å². The first-order valence-corrected chi connectivity index (χ1v) is 5.55. The minimum atomic E-state index is -0.744. The minimum Gasteiger partial charge on any atom is -0.490 e. The number of carboxylic acids is 1. The summed E-state index contributed by atoms with van der Waals surface area (Å²) in [5, 5.41) is 8.91. The third kappa shape index (κ3) is 2.18. The SMILES string of the molecule is Cc1ccc2c(c1)C(CC(=O)O)C[C@@H](C)O2. The number of carboxylic acid groups (broad SMARTS) is 1. The van der Waals surface area contributed by atoms with Crippen LogP contribution in [0, 0.1) is 6.92 Å². The van der Waals surface area contributed by atoms with Crippen molar-refractivity contribution in [3.8, 4) is 5.75 Å². The Hall–Kier alpha value is -1.51. The molecule has 0 bridgehead atoms. The highest BCUT2D eigenvalue weighted by Crippen LogP contribution is 2.38. The van der Waals surface area contributed by atoms with Crippen molar-refractivity contribution in [1.29, 1.82) is 0 Å². The lowest BCUT2D eigenvalue weighted by atomic mass is 9.87. The molecule has 1 aromatic rings. The maximum Gasteiger partial charge on any atom is 0.303 e. The molecular weight excluding hydrogens is 204 g/mol. The number of hydrogen-bond acceptors (Lipinski definition) is 2. The first-order chi connectivity index (χ1) is 7.56. The first-order valence-electron chi connectivity index (χ1n) is 5.55. The lowest BCUT2D eigenvalue weighted by Crippen LogP contribution is -2.24. The van der Waals surface area contributed by atoms with Crippen molar-refractivity contribution in [3.05, 3.63) is 29.3 Å². The first kappa shape index (κ1) is 11.0. The Morgan fingerprint density at radius 2 is 2.31 bits per heavy atom. The van der Waals surface area contributed by atoms with Crippen LogP contribution in [0.2, 0.25) is 0 Å². The number of aryl methyl sites for hydroxylation is 1. The van der Waals surface area contributed by atoms with Gasteiger partial charge in [-0.15, -0.1) is 0 Å². The number of carbonyl (C=O) groups is 1. The zero-order valence-corrected chi connectivity index (χ0v) is 9.56. The molecular formula is C13H16O3. The summed E-state index contributed by atoms with van der Waals surface area (Å²) in [5.74, 6) is 0.179. The molecule has 1 N–H and O–H groups in total. The maximum absolute atomic E-state index is 10.8. The molecule has 1 aliphatic heterocycles. The molecule has 16 heavy (non-hydrogen) atoms. The van der Waals surface area contributed by atoms with Gasteiger partial charge in [-0.3, -0.25) is 4.79 Å². The van der Waals surface area contributed by atoms with Crippen LogP contribution in [0.5, 0.6) is 5.75 Å². The summed E-state index contributed by atoms with van der Waals surface area (Å²) in [7, 11) is 0. The lowest BCUT2D eigenvalue weighted by Gasteiger charge is -2.29. The van der Waals surface area contributed by atoms with E-state index in [0.717, 1.165) is 23.3 Å². The molecule has 0 radical (unpaired) electrons. The molecule has 0 amide bonds. The Bertz CT molecular complexity index is 412. The number of fused-ring (bicyclic) bond motifs is 1. The Labute approximate surface area is 95.0 Å². The quantitative estimate of drug-likeness (QED) is 0.833. The van der Waals surface area contributed by atoms with E-state index in [1.54, 1.807) is 0 Å². The summed E-state index contributed by atoms with van der Waals surface area (Å²) < 4.78 is 5.71. The van der Waals surface area contributed by atoms with Crippen molar-refractivity contribution < 1.29 is 14.6 Å². The van der Waals surface area contributed by atoms with Gasteiger partial charge in [0.15, 0.2) is 0 Å². The fourth-order valence-corrected chi connectivity index (χ4v) is 2.29. The predicted octanol–water partition coefficient (Wildman–Crippen LogP) is 2.72. The summed E-state index contributed by atoms with van der Waals surface area (Å²) in [6, 6.07) is 5.97. The zero-order chi connectivity index (χ0) is 11.7. The van der Waals surface area contributed by atoms with E-state index in [2.05, 4.69) is 0 Å². The molecule has 3 heteroatoms. The molecule has 0 spiro atoms. The molecule has 1 aromatic carbocycles. The smallest absolute Gasteiger partial charge is 0.303 e. The number of aliphatic carboxylic acids is 1. The molecule has 86 valence electrons. The van der Waals surface area contributed by atoms with Crippen LogP contribution < -0.4 is 4.74 Å². The highest BCUT2D eigenvalue weighted by atomic mass is 16.5. The van der Waals surface area contributed by atoms with Crippen LogP contribution in [0.1, 0.15) is 36.8 Å². The molecule has 0 fully saturated rings. The van der Waals surface area contributed by atoms with E-state index >= 15 is 0 Å². The predicted molar refractivity (Wildman–Crippen MR) is 60.9 cm³/mol. The van der Waals surface area contributed by atoms with Gasteiger partial charge in [-0.25, -0.2) is 0 Å². The van der Waals surface area contributed by atoms with Crippen LogP contribution in [0.4, 0.5) is 0 Å². The van der Waals surface area contributed by atoms with Gasteiger partial charge in [0.25, 0.3) is 0 Å². The van der Waals surface area contributed by atoms with E-state index in [0.29, 0.717) is 0 Å². The molecule has 0 aromatic heterocycles. The van der Waals surface area contributed by atoms with Crippen LogP contribution in [0.25, 0.3) is 0 Å². The van der Waals surface area contributed by atoms with Crippen molar-refractivity contribution in [2.24, 2.45) is 0 Å². The van der Waals surface area contributed by atoms with Gasteiger partial charge >= 0.3 is 5.97 Å². The van der Waals surface area contributed by atoms with E-state index in [1.807, 2.05) is 32.0 Å². The Morgan fingerprint density at radius 3 is 3.00 bits per heavy atom.